The maximum absolute atomic E-state index is 14.3. The summed E-state index contributed by atoms with van der Waals surface area (Å²) in [4.78, 5) is 42.8. The normalized spacial score (nSPS) is 14.9. The minimum atomic E-state index is -0.921. The number of ether oxygens (including phenoxy) is 1. The smallest absolute Gasteiger partial charge is 0.408 e. The summed E-state index contributed by atoms with van der Waals surface area (Å²) in [5, 5.41) is 5.88. The zero-order valence-corrected chi connectivity index (χ0v) is 24.1. The summed E-state index contributed by atoms with van der Waals surface area (Å²) in [6, 6.07) is 11.0. The molecular weight excluding hydrogens is 490 g/mol. The highest BCUT2D eigenvalue weighted by Crippen LogP contribution is 2.35. The van der Waals surface area contributed by atoms with Crippen molar-refractivity contribution >= 4 is 23.6 Å². The van der Waals surface area contributed by atoms with Crippen molar-refractivity contribution in [3.63, 3.8) is 0 Å². The first kappa shape index (κ1) is 29.8. The molecule has 0 bridgehead atoms. The summed E-state index contributed by atoms with van der Waals surface area (Å²) in [5.74, 6) is 1.73. The van der Waals surface area contributed by atoms with Crippen molar-refractivity contribution in [2.45, 2.75) is 91.5 Å². The summed E-state index contributed by atoms with van der Waals surface area (Å²) < 4.78 is 5.45. The van der Waals surface area contributed by atoms with Crippen LogP contribution >= 0.6 is 0 Å². The largest absolute Gasteiger partial charge is 0.444 e. The number of anilines is 1. The number of carbonyl (C=O) groups excluding carboxylic acids is 3. The second-order valence-electron chi connectivity index (χ2n) is 11.6. The van der Waals surface area contributed by atoms with Gasteiger partial charge in [0.15, 0.2) is 0 Å². The van der Waals surface area contributed by atoms with Gasteiger partial charge in [0.25, 0.3) is 5.91 Å². The molecule has 0 heterocycles. The second kappa shape index (κ2) is 12.4. The van der Waals surface area contributed by atoms with E-state index in [1.807, 2.05) is 45.9 Å². The third kappa shape index (κ3) is 7.41. The van der Waals surface area contributed by atoms with Gasteiger partial charge in [-0.25, -0.2) is 4.79 Å². The molecule has 1 saturated carbocycles. The lowest BCUT2D eigenvalue weighted by Gasteiger charge is -2.44. The van der Waals surface area contributed by atoms with Crippen molar-refractivity contribution in [3.8, 4) is 12.3 Å². The molecule has 3 amide bonds. The summed E-state index contributed by atoms with van der Waals surface area (Å²) in [6.07, 6.45) is 7.42. The quantitative estimate of drug-likeness (QED) is 0.416. The molecule has 7 nitrogen and oxygen atoms in total. The van der Waals surface area contributed by atoms with E-state index in [-0.39, 0.29) is 23.8 Å². The van der Waals surface area contributed by atoms with Crippen LogP contribution in [0.2, 0.25) is 0 Å². The molecule has 2 aromatic carbocycles. The number of para-hydroxylation sites is 1. The van der Waals surface area contributed by atoms with Gasteiger partial charge in [0.05, 0.1) is 0 Å². The average molecular weight is 532 g/mol. The van der Waals surface area contributed by atoms with E-state index in [0.29, 0.717) is 11.1 Å². The number of benzene rings is 2. The number of terminal acetylenes is 1. The molecule has 1 aliphatic carbocycles. The Bertz CT molecular complexity index is 1210. The fourth-order valence-electron chi connectivity index (χ4n) is 4.69. The Balaban J connectivity index is 2.06. The van der Waals surface area contributed by atoms with E-state index in [1.165, 1.54) is 0 Å². The molecule has 208 valence electrons. The lowest BCUT2D eigenvalue weighted by molar-refractivity contribution is -0.146. The number of aryl methyl sites for hydroxylation is 2. The molecule has 7 heteroatoms. The second-order valence-corrected chi connectivity index (χ2v) is 11.6. The molecule has 0 aromatic heterocycles. The third-order valence-electron chi connectivity index (χ3n) is 6.98. The minimum Gasteiger partial charge on any atom is -0.444 e. The van der Waals surface area contributed by atoms with Gasteiger partial charge in [-0.3, -0.25) is 9.59 Å². The van der Waals surface area contributed by atoms with E-state index in [9.17, 15) is 14.4 Å². The van der Waals surface area contributed by atoms with Gasteiger partial charge in [-0.05, 0) is 88.6 Å². The molecule has 0 saturated heterocycles. The van der Waals surface area contributed by atoms with Crippen LogP contribution in [0.5, 0.6) is 0 Å². The van der Waals surface area contributed by atoms with E-state index >= 15 is 0 Å². The first-order chi connectivity index (χ1) is 18.3. The zero-order chi connectivity index (χ0) is 28.9. The van der Waals surface area contributed by atoms with Gasteiger partial charge in [-0.15, -0.1) is 6.42 Å². The van der Waals surface area contributed by atoms with Crippen molar-refractivity contribution in [1.82, 2.24) is 10.2 Å². The Morgan fingerprint density at radius 2 is 1.62 bits per heavy atom. The van der Waals surface area contributed by atoms with Crippen LogP contribution in [0.25, 0.3) is 0 Å². The van der Waals surface area contributed by atoms with Crippen LogP contribution in [0, 0.1) is 32.1 Å². The van der Waals surface area contributed by atoms with Crippen molar-refractivity contribution < 1.29 is 19.1 Å². The van der Waals surface area contributed by atoms with Gasteiger partial charge in [-0.2, -0.15) is 0 Å². The monoisotopic (exact) mass is 531 g/mol. The number of hydrogen-bond acceptors (Lipinski definition) is 4. The van der Waals surface area contributed by atoms with Gasteiger partial charge >= 0.3 is 6.09 Å². The molecule has 1 aliphatic rings. The number of alkyl carbamates (subject to hydrolysis) is 1. The highest BCUT2D eigenvalue weighted by atomic mass is 16.6. The van der Waals surface area contributed by atoms with Crippen LogP contribution in [0.4, 0.5) is 10.5 Å². The summed E-state index contributed by atoms with van der Waals surface area (Å²) >= 11 is 0. The lowest BCUT2D eigenvalue weighted by Crippen LogP contribution is -2.58. The molecular formula is C32H41N3O4. The maximum Gasteiger partial charge on any atom is 0.408 e. The Morgan fingerprint density at radius 1 is 1.03 bits per heavy atom. The highest BCUT2D eigenvalue weighted by molar-refractivity contribution is 6.00. The van der Waals surface area contributed by atoms with E-state index in [0.717, 1.165) is 36.1 Å². The van der Waals surface area contributed by atoms with E-state index in [2.05, 4.69) is 16.6 Å². The predicted octanol–water partition coefficient (Wildman–Crippen LogP) is 5.89. The van der Waals surface area contributed by atoms with Gasteiger partial charge in [0, 0.05) is 17.3 Å². The summed E-state index contributed by atoms with van der Waals surface area (Å²) in [5.41, 5.74) is 3.20. The molecule has 2 aromatic rings. The van der Waals surface area contributed by atoms with Crippen molar-refractivity contribution in [3.05, 3.63) is 64.7 Å². The zero-order valence-electron chi connectivity index (χ0n) is 24.1. The van der Waals surface area contributed by atoms with Crippen molar-refractivity contribution in [1.29, 1.82) is 0 Å². The van der Waals surface area contributed by atoms with Crippen LogP contribution in [-0.2, 0) is 14.3 Å². The molecule has 0 spiro atoms. The van der Waals surface area contributed by atoms with E-state index < -0.39 is 23.8 Å². The van der Waals surface area contributed by atoms with E-state index in [4.69, 9.17) is 11.2 Å². The summed E-state index contributed by atoms with van der Waals surface area (Å²) in [7, 11) is 0. The van der Waals surface area contributed by atoms with Crippen LogP contribution < -0.4 is 10.6 Å². The molecule has 0 radical (unpaired) electrons. The predicted molar refractivity (Wildman–Crippen MR) is 154 cm³/mol. The SMILES string of the molecule is C#Cc1ccc(C(C(=O)Nc2c(C)cccc2C)N(C(=O)C(NC(=O)OC(C)(C)C)C(C)C)C2CCC2)cc1. The minimum absolute atomic E-state index is 0.139. The summed E-state index contributed by atoms with van der Waals surface area (Å²) in [6.45, 7) is 12.9. The number of rotatable bonds is 8. The molecule has 2 atom stereocenters. The fraction of sp³-hybridized carbons (Fsp3) is 0.469. The van der Waals surface area contributed by atoms with Crippen LogP contribution in [0.1, 0.15) is 82.2 Å². The average Bonchev–Trinajstić information content (AvgIpc) is 2.82. The first-order valence-corrected chi connectivity index (χ1v) is 13.6. The lowest BCUT2D eigenvalue weighted by atomic mass is 9.87. The Hall–Kier alpha value is -3.79. The van der Waals surface area contributed by atoms with E-state index in [1.54, 1.807) is 49.9 Å². The Labute approximate surface area is 232 Å². The van der Waals surface area contributed by atoms with Crippen molar-refractivity contribution in [2.24, 2.45) is 5.92 Å². The van der Waals surface area contributed by atoms with Crippen molar-refractivity contribution in [2.75, 3.05) is 5.32 Å². The third-order valence-corrected chi connectivity index (χ3v) is 6.98. The molecule has 2 unspecified atom stereocenters. The number of nitrogens with one attached hydrogen (secondary N) is 2. The van der Waals surface area contributed by atoms with Crippen LogP contribution in [0.3, 0.4) is 0 Å². The first-order valence-electron chi connectivity index (χ1n) is 13.6. The Kier molecular flexibility index (Phi) is 9.45. The number of hydrogen-bond donors (Lipinski definition) is 2. The van der Waals surface area contributed by atoms with Gasteiger partial charge in [0.1, 0.15) is 17.7 Å². The van der Waals surface area contributed by atoms with Gasteiger partial charge in [-0.1, -0.05) is 50.1 Å². The molecule has 0 aliphatic heterocycles. The molecule has 1 fully saturated rings. The molecule has 39 heavy (non-hydrogen) atoms. The molecule has 3 rings (SSSR count). The maximum atomic E-state index is 14.3. The number of nitrogens with zero attached hydrogens (tertiary/aromatic N) is 1. The highest BCUT2D eigenvalue weighted by Gasteiger charge is 2.43. The fourth-order valence-corrected chi connectivity index (χ4v) is 4.69. The number of amides is 3. The van der Waals surface area contributed by atoms with Crippen LogP contribution in [0.15, 0.2) is 42.5 Å². The topological polar surface area (TPSA) is 87.7 Å². The standard InChI is InChI=1S/C32H41N3O4/c1-9-23-16-18-24(19-17-23)28(29(36)33-27-21(4)12-10-13-22(27)5)35(25-14-11-15-25)30(37)26(20(2)3)34-31(38)39-32(6,7)8/h1,10,12-13,16-20,25-26,28H,11,14-15H2,2-8H3,(H,33,36)(H,34,38). The Morgan fingerprint density at radius 3 is 2.08 bits per heavy atom. The van der Waals surface area contributed by atoms with Gasteiger partial charge < -0.3 is 20.3 Å². The molecule has 2 N–H and O–H groups in total. The van der Waals surface area contributed by atoms with Crippen LogP contribution in [-0.4, -0.2) is 40.5 Å². The number of carbonyl (C=O) groups is 3. The van der Waals surface area contributed by atoms with Gasteiger partial charge in [0.2, 0.25) is 5.91 Å².